The van der Waals surface area contributed by atoms with Crippen LogP contribution in [-0.4, -0.2) is 13.0 Å². The summed E-state index contributed by atoms with van der Waals surface area (Å²) in [6.45, 7) is 1.84. The number of methoxy groups -OCH3 is 1. The summed E-state index contributed by atoms with van der Waals surface area (Å²) in [4.78, 5) is 12.0. The third-order valence-electron chi connectivity index (χ3n) is 2.87. The Morgan fingerprint density at radius 1 is 1.20 bits per heavy atom. The van der Waals surface area contributed by atoms with Gasteiger partial charge in [0.1, 0.15) is 5.75 Å². The lowest BCUT2D eigenvalue weighted by Crippen LogP contribution is -2.13. The zero-order valence-electron chi connectivity index (χ0n) is 11.0. The lowest BCUT2D eigenvalue weighted by molar-refractivity contribution is 0.102. The molecule has 0 aliphatic carbocycles. The number of nitrogens with one attached hydrogen (secondary N) is 1. The zero-order valence-corrected chi connectivity index (χ0v) is 11.0. The minimum absolute atomic E-state index is 0.199. The number of rotatable bonds is 3. The van der Waals surface area contributed by atoms with Gasteiger partial charge in [0.05, 0.1) is 12.8 Å². The number of hydrogen-bond acceptors (Lipinski definition) is 2. The van der Waals surface area contributed by atoms with E-state index in [1.807, 2.05) is 6.92 Å². The highest BCUT2D eigenvalue weighted by Gasteiger charge is 2.13. The first-order valence-electron chi connectivity index (χ1n) is 5.93. The maximum Gasteiger partial charge on any atom is 0.255 e. The van der Waals surface area contributed by atoms with Crippen molar-refractivity contribution in [2.75, 3.05) is 12.4 Å². The van der Waals surface area contributed by atoms with Crippen molar-refractivity contribution in [1.29, 1.82) is 0 Å². The first-order chi connectivity index (χ1) is 9.52. The molecule has 0 aliphatic rings. The molecule has 0 saturated heterocycles. The van der Waals surface area contributed by atoms with Crippen LogP contribution in [0.5, 0.6) is 5.75 Å². The topological polar surface area (TPSA) is 38.3 Å². The van der Waals surface area contributed by atoms with E-state index in [-0.39, 0.29) is 5.69 Å². The molecule has 0 bridgehead atoms. The van der Waals surface area contributed by atoms with Crippen LogP contribution in [0.2, 0.25) is 0 Å². The first-order valence-corrected chi connectivity index (χ1v) is 5.93. The summed E-state index contributed by atoms with van der Waals surface area (Å²) in [6.07, 6.45) is 0. The quantitative estimate of drug-likeness (QED) is 0.932. The van der Waals surface area contributed by atoms with Gasteiger partial charge >= 0.3 is 0 Å². The van der Waals surface area contributed by atoms with Crippen LogP contribution in [0.15, 0.2) is 36.4 Å². The van der Waals surface area contributed by atoms with E-state index < -0.39 is 17.5 Å². The van der Waals surface area contributed by atoms with Gasteiger partial charge in [-0.3, -0.25) is 4.79 Å². The summed E-state index contributed by atoms with van der Waals surface area (Å²) >= 11 is 0. The Balaban J connectivity index is 2.26. The molecule has 0 spiro atoms. The molecule has 0 radical (unpaired) electrons. The molecule has 1 amide bonds. The average molecular weight is 277 g/mol. The van der Waals surface area contributed by atoms with Crippen LogP contribution < -0.4 is 10.1 Å². The van der Waals surface area contributed by atoms with Crippen LogP contribution in [0.3, 0.4) is 0 Å². The fourth-order valence-electron chi connectivity index (χ4n) is 1.76. The molecular weight excluding hydrogens is 264 g/mol. The SMILES string of the molecule is COc1cc(C(=O)Nc2cccc(F)c2F)ccc1C. The van der Waals surface area contributed by atoms with E-state index in [4.69, 9.17) is 4.74 Å². The van der Waals surface area contributed by atoms with Gasteiger partial charge in [0.25, 0.3) is 5.91 Å². The van der Waals surface area contributed by atoms with Crippen LogP contribution in [0, 0.1) is 18.6 Å². The second-order valence-corrected chi connectivity index (χ2v) is 4.24. The van der Waals surface area contributed by atoms with Crippen LogP contribution >= 0.6 is 0 Å². The van der Waals surface area contributed by atoms with Gasteiger partial charge in [-0.05, 0) is 36.8 Å². The smallest absolute Gasteiger partial charge is 0.255 e. The van der Waals surface area contributed by atoms with Crippen molar-refractivity contribution in [1.82, 2.24) is 0 Å². The standard InChI is InChI=1S/C15H13F2NO2/c1-9-6-7-10(8-13(9)20-2)15(19)18-12-5-3-4-11(16)14(12)17/h3-8H,1-2H3,(H,18,19). The molecule has 104 valence electrons. The molecule has 0 unspecified atom stereocenters. The highest BCUT2D eigenvalue weighted by Crippen LogP contribution is 2.21. The summed E-state index contributed by atoms with van der Waals surface area (Å²) in [5.74, 6) is -2.07. The third kappa shape index (κ3) is 2.77. The van der Waals surface area contributed by atoms with Crippen LogP contribution in [0.4, 0.5) is 14.5 Å². The Morgan fingerprint density at radius 3 is 2.65 bits per heavy atom. The number of amides is 1. The lowest BCUT2D eigenvalue weighted by atomic mass is 10.1. The molecule has 20 heavy (non-hydrogen) atoms. The molecule has 0 fully saturated rings. The van der Waals surface area contributed by atoms with Gasteiger partial charge in [0, 0.05) is 5.56 Å². The average Bonchev–Trinajstić information content (AvgIpc) is 2.44. The van der Waals surface area contributed by atoms with Crippen LogP contribution in [0.1, 0.15) is 15.9 Å². The van der Waals surface area contributed by atoms with E-state index >= 15 is 0 Å². The van der Waals surface area contributed by atoms with E-state index in [1.54, 1.807) is 18.2 Å². The molecule has 0 aliphatic heterocycles. The molecule has 1 N–H and O–H groups in total. The molecule has 0 atom stereocenters. The largest absolute Gasteiger partial charge is 0.496 e. The monoisotopic (exact) mass is 277 g/mol. The summed E-state index contributed by atoms with van der Waals surface area (Å²) < 4.78 is 31.6. The number of halogens is 2. The number of ether oxygens (including phenoxy) is 1. The van der Waals surface area contributed by atoms with Gasteiger partial charge in [-0.2, -0.15) is 0 Å². The van der Waals surface area contributed by atoms with Crippen molar-refractivity contribution in [2.45, 2.75) is 6.92 Å². The number of hydrogen-bond donors (Lipinski definition) is 1. The number of carbonyl (C=O) groups is 1. The predicted octanol–water partition coefficient (Wildman–Crippen LogP) is 3.53. The Bertz CT molecular complexity index is 656. The molecule has 3 nitrogen and oxygen atoms in total. The minimum atomic E-state index is -1.08. The van der Waals surface area contributed by atoms with Gasteiger partial charge in [-0.25, -0.2) is 8.78 Å². The first kappa shape index (κ1) is 14.0. The van der Waals surface area contributed by atoms with Crippen molar-refractivity contribution in [2.24, 2.45) is 0 Å². The molecule has 5 heteroatoms. The highest BCUT2D eigenvalue weighted by molar-refractivity contribution is 6.04. The van der Waals surface area contributed by atoms with Crippen molar-refractivity contribution in [3.05, 3.63) is 59.2 Å². The van der Waals surface area contributed by atoms with Gasteiger partial charge in [0.15, 0.2) is 11.6 Å². The van der Waals surface area contributed by atoms with Gasteiger partial charge in [0.2, 0.25) is 0 Å². The van der Waals surface area contributed by atoms with E-state index in [1.165, 1.54) is 19.2 Å². The fourth-order valence-corrected chi connectivity index (χ4v) is 1.76. The van der Waals surface area contributed by atoms with Crippen molar-refractivity contribution in [3.63, 3.8) is 0 Å². The summed E-state index contributed by atoms with van der Waals surface area (Å²) in [5, 5.41) is 2.33. The Kier molecular flexibility index (Phi) is 3.98. The van der Waals surface area contributed by atoms with E-state index in [0.717, 1.165) is 11.6 Å². The number of carbonyl (C=O) groups excluding carboxylic acids is 1. The molecule has 0 aromatic heterocycles. The van der Waals surface area contributed by atoms with E-state index in [9.17, 15) is 13.6 Å². The van der Waals surface area contributed by atoms with Crippen molar-refractivity contribution < 1.29 is 18.3 Å². The van der Waals surface area contributed by atoms with Crippen molar-refractivity contribution in [3.8, 4) is 5.75 Å². The molecule has 2 rings (SSSR count). The maximum absolute atomic E-state index is 13.5. The zero-order chi connectivity index (χ0) is 14.7. The second-order valence-electron chi connectivity index (χ2n) is 4.24. The normalized spacial score (nSPS) is 10.2. The summed E-state index contributed by atoms with van der Waals surface area (Å²) in [5.41, 5.74) is 0.978. The van der Waals surface area contributed by atoms with Gasteiger partial charge in [-0.1, -0.05) is 12.1 Å². The maximum atomic E-state index is 13.5. The number of benzene rings is 2. The molecular formula is C15H13F2NO2. The van der Waals surface area contributed by atoms with E-state index in [2.05, 4.69) is 5.32 Å². The Morgan fingerprint density at radius 2 is 1.95 bits per heavy atom. The Labute approximate surface area is 115 Å². The van der Waals surface area contributed by atoms with Gasteiger partial charge < -0.3 is 10.1 Å². The summed E-state index contributed by atoms with van der Waals surface area (Å²) in [7, 11) is 1.50. The molecule has 2 aromatic carbocycles. The lowest BCUT2D eigenvalue weighted by Gasteiger charge is -2.09. The van der Waals surface area contributed by atoms with Crippen LogP contribution in [-0.2, 0) is 0 Å². The number of aryl methyl sites for hydroxylation is 1. The summed E-state index contributed by atoms with van der Waals surface area (Å²) in [6, 6.07) is 8.45. The number of anilines is 1. The fraction of sp³-hybridized carbons (Fsp3) is 0.133. The van der Waals surface area contributed by atoms with E-state index in [0.29, 0.717) is 11.3 Å². The molecule has 0 heterocycles. The molecule has 0 saturated carbocycles. The predicted molar refractivity (Wildman–Crippen MR) is 72.0 cm³/mol. The second kappa shape index (κ2) is 5.69. The minimum Gasteiger partial charge on any atom is -0.496 e. The van der Waals surface area contributed by atoms with Crippen LogP contribution in [0.25, 0.3) is 0 Å². The van der Waals surface area contributed by atoms with Gasteiger partial charge in [-0.15, -0.1) is 0 Å². The Hall–Kier alpha value is -2.43. The van der Waals surface area contributed by atoms with Crippen molar-refractivity contribution >= 4 is 11.6 Å². The molecule has 2 aromatic rings. The highest BCUT2D eigenvalue weighted by atomic mass is 19.2. The third-order valence-corrected chi connectivity index (χ3v) is 2.87.